The van der Waals surface area contributed by atoms with Crippen molar-refractivity contribution in [3.63, 3.8) is 0 Å². The number of rotatable bonds is 5. The minimum Gasteiger partial charge on any atom is -0.368 e. The number of benzene rings is 1. The zero-order valence-corrected chi connectivity index (χ0v) is 11.8. The lowest BCUT2D eigenvalue weighted by Crippen LogP contribution is -2.44. The number of carbonyl (C=O) groups excluding carboxylic acids is 2. The Labute approximate surface area is 122 Å². The normalized spacial score (nSPS) is 11.9. The quantitative estimate of drug-likeness (QED) is 0.820. The second-order valence-electron chi connectivity index (χ2n) is 4.97. The Morgan fingerprint density at radius 3 is 2.71 bits per heavy atom. The summed E-state index contributed by atoms with van der Waals surface area (Å²) in [6.45, 7) is 5.52. The molecule has 5 heteroatoms. The van der Waals surface area contributed by atoms with E-state index in [9.17, 15) is 9.59 Å². The molecule has 1 aromatic carbocycles. The van der Waals surface area contributed by atoms with E-state index < -0.39 is 11.9 Å². The van der Waals surface area contributed by atoms with Gasteiger partial charge in [0, 0.05) is 11.6 Å². The van der Waals surface area contributed by atoms with Crippen molar-refractivity contribution < 1.29 is 9.59 Å². The lowest BCUT2D eigenvalue weighted by molar-refractivity contribution is -0.119. The maximum atomic E-state index is 12.4. The second kappa shape index (κ2) is 6.17. The summed E-state index contributed by atoms with van der Waals surface area (Å²) in [6, 6.07) is 8.23. The first kappa shape index (κ1) is 14.7. The average Bonchev–Trinajstić information content (AvgIpc) is 2.45. The summed E-state index contributed by atoms with van der Waals surface area (Å²) in [5.74, 6) is -0.955. The molecule has 1 heterocycles. The number of nitrogens with one attached hydrogen (secondary N) is 1. The third-order valence-corrected chi connectivity index (χ3v) is 3.08. The van der Waals surface area contributed by atoms with E-state index >= 15 is 0 Å². The van der Waals surface area contributed by atoms with Gasteiger partial charge in [0.1, 0.15) is 6.04 Å². The maximum Gasteiger partial charge on any atom is 0.254 e. The molecule has 0 saturated carbocycles. The number of aromatic nitrogens is 1. The number of fused-ring (bicyclic) bond motifs is 1. The number of para-hydroxylation sites is 1. The monoisotopic (exact) mass is 283 g/mol. The van der Waals surface area contributed by atoms with Gasteiger partial charge in [0.25, 0.3) is 5.91 Å². The molecule has 2 aromatic rings. The minimum atomic E-state index is -0.769. The van der Waals surface area contributed by atoms with Gasteiger partial charge in [-0.15, -0.1) is 6.58 Å². The number of hydrogen-bond donors (Lipinski definition) is 2. The standard InChI is InChI=1S/C16H17N3O2/c1-10(2)9-13(15(17)20)19-16(21)12-7-3-5-11-6-4-8-18-14(11)12/h3-8,13H,1,9H2,2H3,(H2,17,20)(H,19,21)/t13-/m1/s1. The van der Waals surface area contributed by atoms with Gasteiger partial charge in [-0.05, 0) is 25.5 Å². The highest BCUT2D eigenvalue weighted by Gasteiger charge is 2.20. The second-order valence-corrected chi connectivity index (χ2v) is 4.97. The van der Waals surface area contributed by atoms with E-state index in [-0.39, 0.29) is 5.91 Å². The van der Waals surface area contributed by atoms with Crippen molar-refractivity contribution in [3.8, 4) is 0 Å². The van der Waals surface area contributed by atoms with Gasteiger partial charge in [0.15, 0.2) is 0 Å². The smallest absolute Gasteiger partial charge is 0.254 e. The van der Waals surface area contributed by atoms with Gasteiger partial charge in [0.2, 0.25) is 5.91 Å². The van der Waals surface area contributed by atoms with Gasteiger partial charge >= 0.3 is 0 Å². The van der Waals surface area contributed by atoms with E-state index in [1.54, 1.807) is 31.3 Å². The molecule has 21 heavy (non-hydrogen) atoms. The Kier molecular flexibility index (Phi) is 4.33. The van der Waals surface area contributed by atoms with Crippen molar-refractivity contribution in [2.24, 2.45) is 5.73 Å². The number of nitrogens with zero attached hydrogens (tertiary/aromatic N) is 1. The predicted octanol–water partition coefficient (Wildman–Crippen LogP) is 1.78. The van der Waals surface area contributed by atoms with Crippen LogP contribution < -0.4 is 11.1 Å². The van der Waals surface area contributed by atoms with Crippen molar-refractivity contribution >= 4 is 22.7 Å². The fourth-order valence-corrected chi connectivity index (χ4v) is 2.09. The molecule has 0 bridgehead atoms. The molecular formula is C16H17N3O2. The van der Waals surface area contributed by atoms with Crippen LogP contribution in [-0.2, 0) is 4.79 Å². The average molecular weight is 283 g/mol. The van der Waals surface area contributed by atoms with Crippen LogP contribution in [0, 0.1) is 0 Å². The number of amides is 2. The molecule has 0 unspecified atom stereocenters. The molecule has 0 aliphatic carbocycles. The topological polar surface area (TPSA) is 85.1 Å². The summed E-state index contributed by atoms with van der Waals surface area (Å²) in [7, 11) is 0. The molecule has 0 saturated heterocycles. The van der Waals surface area contributed by atoms with Gasteiger partial charge in [0.05, 0.1) is 11.1 Å². The van der Waals surface area contributed by atoms with Crippen LogP contribution in [0.3, 0.4) is 0 Å². The van der Waals surface area contributed by atoms with Gasteiger partial charge in [-0.3, -0.25) is 14.6 Å². The Hall–Kier alpha value is -2.69. The SMILES string of the molecule is C=C(C)C[C@@H](NC(=O)c1cccc2cccnc12)C(N)=O. The molecule has 0 aliphatic rings. The van der Waals surface area contributed by atoms with Crippen molar-refractivity contribution in [2.75, 3.05) is 0 Å². The largest absolute Gasteiger partial charge is 0.368 e. The van der Waals surface area contributed by atoms with Crippen LogP contribution in [0.4, 0.5) is 0 Å². The van der Waals surface area contributed by atoms with Crippen molar-refractivity contribution in [3.05, 3.63) is 54.2 Å². The summed E-state index contributed by atoms with van der Waals surface area (Å²) in [5.41, 5.74) is 7.10. The van der Waals surface area contributed by atoms with Crippen LogP contribution in [-0.4, -0.2) is 22.8 Å². The van der Waals surface area contributed by atoms with Crippen LogP contribution in [0.15, 0.2) is 48.7 Å². The van der Waals surface area contributed by atoms with Crippen molar-refractivity contribution in [1.82, 2.24) is 10.3 Å². The summed E-state index contributed by atoms with van der Waals surface area (Å²) >= 11 is 0. The molecule has 1 aromatic heterocycles. The molecule has 2 rings (SSSR count). The van der Waals surface area contributed by atoms with E-state index in [2.05, 4.69) is 16.9 Å². The third kappa shape index (κ3) is 3.45. The Bertz CT molecular complexity index is 704. The van der Waals surface area contributed by atoms with Crippen LogP contribution >= 0.6 is 0 Å². The molecular weight excluding hydrogens is 266 g/mol. The molecule has 2 amide bonds. The van der Waals surface area contributed by atoms with E-state index in [4.69, 9.17) is 5.73 Å². The summed E-state index contributed by atoms with van der Waals surface area (Å²) in [6.07, 6.45) is 1.94. The zero-order chi connectivity index (χ0) is 15.4. The predicted molar refractivity (Wildman–Crippen MR) is 81.6 cm³/mol. The number of hydrogen-bond acceptors (Lipinski definition) is 3. The zero-order valence-electron chi connectivity index (χ0n) is 11.8. The number of primary amides is 1. The van der Waals surface area contributed by atoms with Gasteiger partial charge in [-0.1, -0.05) is 23.8 Å². The Morgan fingerprint density at radius 1 is 1.33 bits per heavy atom. The highest BCUT2D eigenvalue weighted by atomic mass is 16.2. The number of pyridine rings is 1. The summed E-state index contributed by atoms with van der Waals surface area (Å²) in [5, 5.41) is 3.50. The first-order chi connectivity index (χ1) is 9.99. The number of carbonyl (C=O) groups is 2. The maximum absolute atomic E-state index is 12.4. The van der Waals surface area contributed by atoms with E-state index in [0.29, 0.717) is 17.5 Å². The third-order valence-electron chi connectivity index (χ3n) is 3.08. The Balaban J connectivity index is 2.29. The highest BCUT2D eigenvalue weighted by Crippen LogP contribution is 2.16. The van der Waals surface area contributed by atoms with E-state index in [1.165, 1.54) is 0 Å². The minimum absolute atomic E-state index is 0.319. The molecule has 1 atom stereocenters. The van der Waals surface area contributed by atoms with Crippen LogP contribution in [0.5, 0.6) is 0 Å². The molecule has 3 N–H and O–H groups in total. The summed E-state index contributed by atoms with van der Waals surface area (Å²) in [4.78, 5) is 28.0. The van der Waals surface area contributed by atoms with Gasteiger partial charge in [-0.25, -0.2) is 0 Å². The molecule has 0 radical (unpaired) electrons. The highest BCUT2D eigenvalue weighted by molar-refractivity contribution is 6.06. The van der Waals surface area contributed by atoms with E-state index in [0.717, 1.165) is 11.0 Å². The molecule has 0 fully saturated rings. The molecule has 0 spiro atoms. The van der Waals surface area contributed by atoms with Crippen LogP contribution in [0.1, 0.15) is 23.7 Å². The fourth-order valence-electron chi connectivity index (χ4n) is 2.09. The van der Waals surface area contributed by atoms with Gasteiger partial charge < -0.3 is 11.1 Å². The lowest BCUT2D eigenvalue weighted by atomic mass is 10.1. The molecule has 108 valence electrons. The van der Waals surface area contributed by atoms with Crippen LogP contribution in [0.2, 0.25) is 0 Å². The number of nitrogens with two attached hydrogens (primary N) is 1. The first-order valence-corrected chi connectivity index (χ1v) is 6.57. The van der Waals surface area contributed by atoms with Gasteiger partial charge in [-0.2, -0.15) is 0 Å². The Morgan fingerprint density at radius 2 is 2.05 bits per heavy atom. The van der Waals surface area contributed by atoms with E-state index in [1.807, 2.05) is 12.1 Å². The first-order valence-electron chi connectivity index (χ1n) is 6.57. The molecule has 5 nitrogen and oxygen atoms in total. The van der Waals surface area contributed by atoms with Crippen LogP contribution in [0.25, 0.3) is 10.9 Å². The molecule has 0 aliphatic heterocycles. The fraction of sp³-hybridized carbons (Fsp3) is 0.188. The summed E-state index contributed by atoms with van der Waals surface area (Å²) < 4.78 is 0. The lowest BCUT2D eigenvalue weighted by Gasteiger charge is -2.16. The van der Waals surface area contributed by atoms with Crippen molar-refractivity contribution in [1.29, 1.82) is 0 Å². The van der Waals surface area contributed by atoms with Crippen molar-refractivity contribution in [2.45, 2.75) is 19.4 Å².